The molecule has 0 saturated heterocycles. The summed E-state index contributed by atoms with van der Waals surface area (Å²) in [7, 11) is 0. The molecule has 3 aromatic heterocycles. The number of hydrogen-bond acceptors (Lipinski definition) is 7. The Balaban J connectivity index is 1.73. The SMILES string of the molecule is Cc1nc(-c2cccc(C#C[C@@](C)(O)c3nccs3)c2)nc2cncc(N)c12. The van der Waals surface area contributed by atoms with Crippen molar-refractivity contribution in [2.24, 2.45) is 0 Å². The highest BCUT2D eigenvalue weighted by atomic mass is 32.1. The molecule has 0 radical (unpaired) electrons. The maximum absolute atomic E-state index is 10.5. The Bertz CT molecular complexity index is 1220. The fourth-order valence-corrected chi connectivity index (χ4v) is 3.53. The Morgan fingerprint density at radius 1 is 1.21 bits per heavy atom. The Labute approximate surface area is 166 Å². The highest BCUT2D eigenvalue weighted by Crippen LogP contribution is 2.25. The predicted molar refractivity (Wildman–Crippen MR) is 110 cm³/mol. The van der Waals surface area contributed by atoms with E-state index in [1.54, 1.807) is 25.5 Å². The second-order valence-corrected chi connectivity index (χ2v) is 7.39. The first kappa shape index (κ1) is 18.0. The van der Waals surface area contributed by atoms with Crippen molar-refractivity contribution < 1.29 is 5.11 Å². The molecule has 7 heteroatoms. The predicted octanol–water partition coefficient (Wildman–Crippen LogP) is 3.30. The number of aliphatic hydroxyl groups is 1. The second-order valence-electron chi connectivity index (χ2n) is 6.50. The summed E-state index contributed by atoms with van der Waals surface area (Å²) in [6.45, 7) is 3.54. The number of thiazole rings is 1. The van der Waals surface area contributed by atoms with Gasteiger partial charge in [-0.05, 0) is 26.0 Å². The number of aryl methyl sites for hydroxylation is 1. The largest absolute Gasteiger partial charge is 0.397 e. The molecule has 0 aliphatic rings. The number of aromatic nitrogens is 4. The van der Waals surface area contributed by atoms with Crippen LogP contribution in [0.25, 0.3) is 22.3 Å². The van der Waals surface area contributed by atoms with Crippen LogP contribution in [0.5, 0.6) is 0 Å². The standard InChI is InChI=1S/C21H17N5OS/c1-13-18-16(22)11-23-12-17(18)26-19(25-13)15-5-3-4-14(10-15)6-7-21(2,27)20-24-8-9-28-20/h3-5,8-12,27H,22H2,1-2H3/t21-/m1/s1. The summed E-state index contributed by atoms with van der Waals surface area (Å²) in [5.74, 6) is 6.49. The zero-order chi connectivity index (χ0) is 19.7. The van der Waals surface area contributed by atoms with E-state index in [4.69, 9.17) is 5.73 Å². The summed E-state index contributed by atoms with van der Waals surface area (Å²) in [6.07, 6.45) is 4.93. The number of nitrogen functional groups attached to an aromatic ring is 1. The minimum atomic E-state index is -1.30. The summed E-state index contributed by atoms with van der Waals surface area (Å²) < 4.78 is 0. The number of nitrogens with zero attached hydrogens (tertiary/aromatic N) is 4. The van der Waals surface area contributed by atoms with Crippen molar-refractivity contribution in [3.05, 3.63) is 64.5 Å². The molecule has 6 nitrogen and oxygen atoms in total. The number of nitrogens with two attached hydrogens (primary N) is 1. The van der Waals surface area contributed by atoms with Crippen molar-refractivity contribution in [2.45, 2.75) is 19.4 Å². The van der Waals surface area contributed by atoms with E-state index in [2.05, 4.69) is 31.8 Å². The smallest absolute Gasteiger partial charge is 0.174 e. The van der Waals surface area contributed by atoms with E-state index in [1.807, 2.05) is 36.6 Å². The number of fused-ring (bicyclic) bond motifs is 1. The molecule has 0 aliphatic carbocycles. The van der Waals surface area contributed by atoms with Gasteiger partial charge in [-0.1, -0.05) is 24.0 Å². The van der Waals surface area contributed by atoms with Gasteiger partial charge in [-0.25, -0.2) is 15.0 Å². The molecule has 1 aromatic carbocycles. The fourth-order valence-electron chi connectivity index (χ4n) is 2.87. The average molecular weight is 387 g/mol. The van der Waals surface area contributed by atoms with Gasteiger partial charge in [0.05, 0.1) is 29.3 Å². The lowest BCUT2D eigenvalue weighted by Crippen LogP contribution is -2.17. The molecular weight excluding hydrogens is 370 g/mol. The molecule has 0 unspecified atom stereocenters. The molecule has 3 N–H and O–H groups in total. The summed E-state index contributed by atoms with van der Waals surface area (Å²) >= 11 is 1.37. The number of pyridine rings is 1. The fraction of sp³-hybridized carbons (Fsp3) is 0.143. The van der Waals surface area contributed by atoms with E-state index >= 15 is 0 Å². The highest BCUT2D eigenvalue weighted by molar-refractivity contribution is 7.09. The van der Waals surface area contributed by atoms with Crippen LogP contribution in [0, 0.1) is 18.8 Å². The summed E-state index contributed by atoms with van der Waals surface area (Å²) in [6, 6.07) is 7.58. The molecule has 138 valence electrons. The summed E-state index contributed by atoms with van der Waals surface area (Å²) in [5.41, 5.74) is 8.33. The zero-order valence-corrected chi connectivity index (χ0v) is 16.2. The van der Waals surface area contributed by atoms with Gasteiger partial charge in [-0.15, -0.1) is 11.3 Å². The van der Waals surface area contributed by atoms with Gasteiger partial charge in [0.2, 0.25) is 0 Å². The van der Waals surface area contributed by atoms with Crippen molar-refractivity contribution in [1.82, 2.24) is 19.9 Å². The van der Waals surface area contributed by atoms with Crippen LogP contribution in [-0.4, -0.2) is 25.0 Å². The minimum Gasteiger partial charge on any atom is -0.397 e. The van der Waals surface area contributed by atoms with Crippen LogP contribution in [0.3, 0.4) is 0 Å². The lowest BCUT2D eigenvalue weighted by molar-refractivity contribution is 0.122. The van der Waals surface area contributed by atoms with Gasteiger partial charge in [-0.3, -0.25) is 4.98 Å². The van der Waals surface area contributed by atoms with E-state index in [0.29, 0.717) is 22.0 Å². The van der Waals surface area contributed by atoms with Gasteiger partial charge in [0.1, 0.15) is 5.01 Å². The summed E-state index contributed by atoms with van der Waals surface area (Å²) in [4.78, 5) is 17.5. The molecule has 0 amide bonds. The third-order valence-corrected chi connectivity index (χ3v) is 5.22. The molecular formula is C21H17N5OS. The minimum absolute atomic E-state index is 0.561. The molecule has 4 rings (SSSR count). The van der Waals surface area contributed by atoms with Crippen molar-refractivity contribution in [3.8, 4) is 23.2 Å². The van der Waals surface area contributed by atoms with Crippen molar-refractivity contribution in [3.63, 3.8) is 0 Å². The monoisotopic (exact) mass is 387 g/mol. The molecule has 0 saturated carbocycles. The zero-order valence-electron chi connectivity index (χ0n) is 15.3. The van der Waals surface area contributed by atoms with Gasteiger partial charge < -0.3 is 10.8 Å². The van der Waals surface area contributed by atoms with Crippen LogP contribution < -0.4 is 5.73 Å². The number of anilines is 1. The molecule has 0 aliphatic heterocycles. The van der Waals surface area contributed by atoms with Gasteiger partial charge in [-0.2, -0.15) is 0 Å². The number of hydrogen-bond donors (Lipinski definition) is 2. The third kappa shape index (κ3) is 3.43. The van der Waals surface area contributed by atoms with E-state index in [9.17, 15) is 5.11 Å². The Morgan fingerprint density at radius 3 is 2.86 bits per heavy atom. The van der Waals surface area contributed by atoms with E-state index < -0.39 is 5.60 Å². The molecule has 3 heterocycles. The Kier molecular flexibility index (Phi) is 4.51. The number of benzene rings is 1. The van der Waals surface area contributed by atoms with Crippen molar-refractivity contribution in [1.29, 1.82) is 0 Å². The van der Waals surface area contributed by atoms with Crippen LogP contribution in [0.2, 0.25) is 0 Å². The molecule has 0 spiro atoms. The first-order valence-corrected chi connectivity index (χ1v) is 9.46. The summed E-state index contributed by atoms with van der Waals surface area (Å²) in [5, 5.41) is 13.7. The third-order valence-electron chi connectivity index (χ3n) is 4.24. The molecule has 28 heavy (non-hydrogen) atoms. The van der Waals surface area contributed by atoms with E-state index in [0.717, 1.165) is 22.2 Å². The van der Waals surface area contributed by atoms with E-state index in [1.165, 1.54) is 11.3 Å². The van der Waals surface area contributed by atoms with Gasteiger partial charge in [0.15, 0.2) is 11.4 Å². The van der Waals surface area contributed by atoms with Gasteiger partial charge in [0, 0.05) is 28.1 Å². The van der Waals surface area contributed by atoms with Crippen molar-refractivity contribution in [2.75, 3.05) is 5.73 Å². The van der Waals surface area contributed by atoms with Crippen LogP contribution in [0.4, 0.5) is 5.69 Å². The normalized spacial score (nSPS) is 13.0. The second kappa shape index (κ2) is 7.00. The van der Waals surface area contributed by atoms with Crippen LogP contribution >= 0.6 is 11.3 Å². The van der Waals surface area contributed by atoms with Crippen molar-refractivity contribution >= 4 is 27.9 Å². The lowest BCUT2D eigenvalue weighted by Gasteiger charge is -2.12. The average Bonchev–Trinajstić information content (AvgIpc) is 3.22. The molecule has 4 aromatic rings. The van der Waals surface area contributed by atoms with Crippen LogP contribution in [-0.2, 0) is 5.60 Å². The van der Waals surface area contributed by atoms with Crippen LogP contribution in [0.1, 0.15) is 23.2 Å². The quantitative estimate of drug-likeness (QED) is 0.512. The van der Waals surface area contributed by atoms with Gasteiger partial charge in [0.25, 0.3) is 0 Å². The molecule has 1 atom stereocenters. The first-order chi connectivity index (χ1) is 13.4. The Morgan fingerprint density at radius 2 is 2.07 bits per heavy atom. The maximum Gasteiger partial charge on any atom is 0.174 e. The topological polar surface area (TPSA) is 97.8 Å². The molecule has 0 fully saturated rings. The number of rotatable bonds is 2. The van der Waals surface area contributed by atoms with E-state index in [-0.39, 0.29) is 0 Å². The molecule has 0 bridgehead atoms. The maximum atomic E-state index is 10.5. The lowest BCUT2D eigenvalue weighted by atomic mass is 10.1. The van der Waals surface area contributed by atoms with Gasteiger partial charge >= 0.3 is 0 Å². The first-order valence-electron chi connectivity index (χ1n) is 8.58. The highest BCUT2D eigenvalue weighted by Gasteiger charge is 2.22. The Hall–Kier alpha value is -3.34. The van der Waals surface area contributed by atoms with Crippen LogP contribution in [0.15, 0.2) is 48.2 Å².